The zero-order valence-electron chi connectivity index (χ0n) is 7.53. The number of fused-ring (bicyclic) bond motifs is 1. The average molecular weight is 210 g/mol. The first-order chi connectivity index (χ1) is 6.65. The number of likely N-dealkylation sites (N-methyl/N-ethyl adjacent to an activating group) is 1. The maximum Gasteiger partial charge on any atom is 0.241 e. The molecule has 0 aromatic heterocycles. The number of benzene rings is 1. The molecule has 3 nitrogen and oxygen atoms in total. The molecule has 0 saturated carbocycles. The molecule has 0 saturated heterocycles. The number of aldehydes is 1. The molecule has 1 aliphatic rings. The Balaban J connectivity index is 2.61. The monoisotopic (exact) mass is 209 g/mol. The van der Waals surface area contributed by atoms with Gasteiger partial charge in [-0.1, -0.05) is 17.7 Å². The van der Waals surface area contributed by atoms with Crippen LogP contribution in [0.15, 0.2) is 18.2 Å². The highest BCUT2D eigenvalue weighted by Gasteiger charge is 2.34. The first-order valence-electron chi connectivity index (χ1n) is 4.17. The van der Waals surface area contributed by atoms with E-state index in [0.717, 1.165) is 11.3 Å². The number of hydrogen-bond donors (Lipinski definition) is 0. The van der Waals surface area contributed by atoms with Crippen LogP contribution in [0.4, 0.5) is 5.69 Å². The summed E-state index contributed by atoms with van der Waals surface area (Å²) in [6, 6.07) is 5.10. The van der Waals surface area contributed by atoms with E-state index in [4.69, 9.17) is 11.6 Å². The van der Waals surface area contributed by atoms with Gasteiger partial charge in [0.2, 0.25) is 5.91 Å². The molecule has 4 heteroatoms. The van der Waals surface area contributed by atoms with Crippen LogP contribution in [0.1, 0.15) is 11.5 Å². The summed E-state index contributed by atoms with van der Waals surface area (Å²) in [4.78, 5) is 23.7. The highest BCUT2D eigenvalue weighted by molar-refractivity contribution is 6.31. The number of nitrogens with zero attached hydrogens (tertiary/aromatic N) is 1. The Bertz CT molecular complexity index is 417. The van der Waals surface area contributed by atoms with Crippen molar-refractivity contribution in [2.75, 3.05) is 11.9 Å². The van der Waals surface area contributed by atoms with Crippen LogP contribution >= 0.6 is 11.6 Å². The van der Waals surface area contributed by atoms with E-state index in [-0.39, 0.29) is 5.91 Å². The molecule has 14 heavy (non-hydrogen) atoms. The lowest BCUT2D eigenvalue weighted by atomic mass is 10.0. The van der Waals surface area contributed by atoms with Crippen molar-refractivity contribution in [2.24, 2.45) is 0 Å². The molecular weight excluding hydrogens is 202 g/mol. The van der Waals surface area contributed by atoms with Gasteiger partial charge in [-0.05, 0) is 17.7 Å². The van der Waals surface area contributed by atoms with Gasteiger partial charge in [0.25, 0.3) is 0 Å². The first kappa shape index (κ1) is 9.21. The molecule has 1 atom stereocenters. The van der Waals surface area contributed by atoms with Crippen molar-refractivity contribution < 1.29 is 9.59 Å². The number of amides is 1. The second kappa shape index (κ2) is 3.10. The maximum atomic E-state index is 11.6. The number of carbonyl (C=O) groups excluding carboxylic acids is 2. The molecule has 1 aromatic rings. The highest BCUT2D eigenvalue weighted by Crippen LogP contribution is 2.36. The van der Waals surface area contributed by atoms with Crippen LogP contribution in [0.25, 0.3) is 0 Å². The minimum absolute atomic E-state index is 0.197. The third-order valence-corrected chi connectivity index (χ3v) is 2.66. The summed E-state index contributed by atoms with van der Waals surface area (Å²) in [5.74, 6) is -0.857. The second-order valence-electron chi connectivity index (χ2n) is 3.21. The van der Waals surface area contributed by atoms with E-state index >= 15 is 0 Å². The molecule has 0 spiro atoms. The fourth-order valence-corrected chi connectivity index (χ4v) is 1.83. The molecular formula is C10H8ClNO2. The van der Waals surface area contributed by atoms with Crippen molar-refractivity contribution in [3.8, 4) is 0 Å². The maximum absolute atomic E-state index is 11.6. The van der Waals surface area contributed by atoms with Crippen LogP contribution < -0.4 is 4.90 Å². The zero-order chi connectivity index (χ0) is 10.3. The topological polar surface area (TPSA) is 37.4 Å². The highest BCUT2D eigenvalue weighted by atomic mass is 35.5. The minimum atomic E-state index is -0.660. The second-order valence-corrected chi connectivity index (χ2v) is 3.65. The third-order valence-electron chi connectivity index (χ3n) is 2.42. The quantitative estimate of drug-likeness (QED) is 0.521. The summed E-state index contributed by atoms with van der Waals surface area (Å²) < 4.78 is 0. The van der Waals surface area contributed by atoms with Gasteiger partial charge in [-0.25, -0.2) is 0 Å². The lowest BCUT2D eigenvalue weighted by Crippen LogP contribution is -2.24. The third kappa shape index (κ3) is 1.13. The van der Waals surface area contributed by atoms with Crippen LogP contribution in [0, 0.1) is 0 Å². The lowest BCUT2D eigenvalue weighted by molar-refractivity contribution is -0.122. The number of hydrogen-bond acceptors (Lipinski definition) is 2. The fraction of sp³-hybridized carbons (Fsp3) is 0.200. The average Bonchev–Trinajstić information content (AvgIpc) is 2.41. The van der Waals surface area contributed by atoms with E-state index in [2.05, 4.69) is 0 Å². The van der Waals surface area contributed by atoms with Gasteiger partial charge >= 0.3 is 0 Å². The summed E-state index contributed by atoms with van der Waals surface area (Å²) in [6.07, 6.45) is 0.665. The lowest BCUT2D eigenvalue weighted by Gasteiger charge is -2.09. The number of carbonyl (C=O) groups is 2. The summed E-state index contributed by atoms with van der Waals surface area (Å²) in [6.45, 7) is 0. The Hall–Kier alpha value is -1.35. The smallest absolute Gasteiger partial charge is 0.241 e. The number of anilines is 1. The molecule has 1 heterocycles. The van der Waals surface area contributed by atoms with E-state index in [1.807, 2.05) is 0 Å². The number of rotatable bonds is 1. The molecule has 0 bridgehead atoms. The minimum Gasteiger partial charge on any atom is -0.314 e. The Kier molecular flexibility index (Phi) is 2.04. The SMILES string of the molecule is CN1C(=O)C(C=O)c2ccc(Cl)cc21. The Labute approximate surface area is 86.3 Å². The van der Waals surface area contributed by atoms with E-state index in [1.165, 1.54) is 4.90 Å². The fourth-order valence-electron chi connectivity index (χ4n) is 1.66. The van der Waals surface area contributed by atoms with Crippen LogP contribution in [0.3, 0.4) is 0 Å². The van der Waals surface area contributed by atoms with Gasteiger partial charge in [0.05, 0.1) is 0 Å². The first-order valence-corrected chi connectivity index (χ1v) is 4.55. The van der Waals surface area contributed by atoms with Crippen molar-refractivity contribution in [1.82, 2.24) is 0 Å². The van der Waals surface area contributed by atoms with Crippen molar-refractivity contribution in [3.63, 3.8) is 0 Å². The molecule has 0 fully saturated rings. The van der Waals surface area contributed by atoms with Gasteiger partial charge in [0, 0.05) is 17.8 Å². The van der Waals surface area contributed by atoms with Crippen molar-refractivity contribution in [2.45, 2.75) is 5.92 Å². The molecule has 72 valence electrons. The number of halogens is 1. The Morgan fingerprint density at radius 3 is 2.86 bits per heavy atom. The van der Waals surface area contributed by atoms with Gasteiger partial charge in [-0.2, -0.15) is 0 Å². The largest absolute Gasteiger partial charge is 0.314 e. The van der Waals surface area contributed by atoms with E-state index in [0.29, 0.717) is 11.3 Å². The van der Waals surface area contributed by atoms with Gasteiger partial charge in [0.1, 0.15) is 12.2 Å². The Morgan fingerprint density at radius 1 is 1.50 bits per heavy atom. The van der Waals surface area contributed by atoms with Crippen molar-refractivity contribution >= 4 is 29.5 Å². The molecule has 1 aliphatic heterocycles. The van der Waals surface area contributed by atoms with Crippen molar-refractivity contribution in [1.29, 1.82) is 0 Å². The van der Waals surface area contributed by atoms with Gasteiger partial charge in [-0.3, -0.25) is 4.79 Å². The van der Waals surface area contributed by atoms with Gasteiger partial charge < -0.3 is 9.69 Å². The Morgan fingerprint density at radius 2 is 2.21 bits per heavy atom. The standard InChI is InChI=1S/C10H8ClNO2/c1-12-9-4-6(11)2-3-7(9)8(5-13)10(12)14/h2-5,8H,1H3. The molecule has 1 aromatic carbocycles. The van der Waals surface area contributed by atoms with Crippen molar-refractivity contribution in [3.05, 3.63) is 28.8 Å². The summed E-state index contributed by atoms with van der Waals surface area (Å²) in [7, 11) is 1.64. The molecule has 0 radical (unpaired) electrons. The molecule has 0 N–H and O–H groups in total. The summed E-state index contributed by atoms with van der Waals surface area (Å²) in [5.41, 5.74) is 1.46. The molecule has 1 amide bonds. The zero-order valence-corrected chi connectivity index (χ0v) is 8.28. The van der Waals surface area contributed by atoms with E-state index in [1.54, 1.807) is 25.2 Å². The predicted molar refractivity (Wildman–Crippen MR) is 53.7 cm³/mol. The van der Waals surface area contributed by atoms with Gasteiger partial charge in [-0.15, -0.1) is 0 Å². The normalized spacial score (nSPS) is 19.7. The van der Waals surface area contributed by atoms with Crippen LogP contribution in [0.2, 0.25) is 5.02 Å². The van der Waals surface area contributed by atoms with E-state index < -0.39 is 5.92 Å². The summed E-state index contributed by atoms with van der Waals surface area (Å²) in [5, 5.41) is 0.565. The molecule has 1 unspecified atom stereocenters. The molecule has 2 rings (SSSR count). The van der Waals surface area contributed by atoms with E-state index in [9.17, 15) is 9.59 Å². The van der Waals surface area contributed by atoms with Crippen LogP contribution in [-0.4, -0.2) is 19.2 Å². The molecule has 0 aliphatic carbocycles. The van der Waals surface area contributed by atoms with Gasteiger partial charge in [0.15, 0.2) is 0 Å². The van der Waals surface area contributed by atoms with Crippen LogP contribution in [0.5, 0.6) is 0 Å². The van der Waals surface area contributed by atoms with Crippen LogP contribution in [-0.2, 0) is 9.59 Å². The predicted octanol–water partition coefficient (Wildman–Crippen LogP) is 1.60. The summed E-state index contributed by atoms with van der Waals surface area (Å²) >= 11 is 5.80.